The minimum atomic E-state index is -3.58. The lowest BCUT2D eigenvalue weighted by molar-refractivity contribution is 0.0977. The number of anilines is 1. The number of thiocarbonyl (C=S) groups is 1. The number of nitrogens with one attached hydrogen (secondary N) is 3. The number of carbonyl (C=O) groups is 1. The van der Waals surface area contributed by atoms with Crippen LogP contribution in [0.2, 0.25) is 0 Å². The van der Waals surface area contributed by atoms with E-state index < -0.39 is 10.0 Å². The molecule has 1 unspecified atom stereocenters. The zero-order chi connectivity index (χ0) is 23.0. The minimum absolute atomic E-state index is 0.110. The van der Waals surface area contributed by atoms with Crippen LogP contribution < -0.4 is 20.1 Å². The molecule has 0 radical (unpaired) electrons. The SMILES string of the molecule is CCC(C)NS(=O)(=O)c1ccc(NC(=S)NC(=O)c2ccc(OCC(C)C)cc2)cc1. The summed E-state index contributed by atoms with van der Waals surface area (Å²) >= 11 is 5.19. The molecule has 9 heteroatoms. The summed E-state index contributed by atoms with van der Waals surface area (Å²) < 4.78 is 32.8. The summed E-state index contributed by atoms with van der Waals surface area (Å²) in [5.41, 5.74) is 1.00. The summed E-state index contributed by atoms with van der Waals surface area (Å²) in [4.78, 5) is 12.5. The van der Waals surface area contributed by atoms with Gasteiger partial charge in [-0.1, -0.05) is 20.8 Å². The molecule has 0 aliphatic heterocycles. The topological polar surface area (TPSA) is 96.5 Å². The molecule has 0 saturated heterocycles. The van der Waals surface area contributed by atoms with Gasteiger partial charge in [-0.15, -0.1) is 0 Å². The fourth-order valence-corrected chi connectivity index (χ4v) is 3.97. The number of rotatable bonds is 9. The van der Waals surface area contributed by atoms with E-state index in [0.29, 0.717) is 35.9 Å². The van der Waals surface area contributed by atoms with Crippen molar-refractivity contribution in [2.75, 3.05) is 11.9 Å². The molecule has 0 aliphatic carbocycles. The number of carbonyl (C=O) groups excluding carboxylic acids is 1. The number of sulfonamides is 1. The van der Waals surface area contributed by atoms with Gasteiger partial charge in [0.15, 0.2) is 5.11 Å². The molecule has 0 bridgehead atoms. The van der Waals surface area contributed by atoms with E-state index in [1.54, 1.807) is 43.3 Å². The fourth-order valence-electron chi connectivity index (χ4n) is 2.44. The van der Waals surface area contributed by atoms with Crippen molar-refractivity contribution in [3.05, 3.63) is 54.1 Å². The van der Waals surface area contributed by atoms with E-state index in [4.69, 9.17) is 17.0 Å². The highest BCUT2D eigenvalue weighted by atomic mass is 32.2. The first-order valence-electron chi connectivity index (χ1n) is 10.1. The molecular formula is C22H29N3O4S2. The Hall–Kier alpha value is -2.49. The summed E-state index contributed by atoms with van der Waals surface area (Å²) in [5.74, 6) is 0.755. The smallest absolute Gasteiger partial charge is 0.257 e. The molecule has 1 amide bonds. The molecule has 168 valence electrons. The Bertz CT molecular complexity index is 988. The second-order valence-corrected chi connectivity index (χ2v) is 9.71. The Kier molecular flexibility index (Phi) is 8.97. The van der Waals surface area contributed by atoms with Crippen LogP contribution in [0.25, 0.3) is 0 Å². The summed E-state index contributed by atoms with van der Waals surface area (Å²) in [6.07, 6.45) is 0.695. The van der Waals surface area contributed by atoms with Crippen LogP contribution >= 0.6 is 12.2 Å². The van der Waals surface area contributed by atoms with Gasteiger partial charge in [0, 0.05) is 17.3 Å². The van der Waals surface area contributed by atoms with Crippen molar-refractivity contribution < 1.29 is 17.9 Å². The average Bonchev–Trinajstić information content (AvgIpc) is 2.72. The van der Waals surface area contributed by atoms with Crippen molar-refractivity contribution in [3.63, 3.8) is 0 Å². The highest BCUT2D eigenvalue weighted by Gasteiger charge is 2.16. The quantitative estimate of drug-likeness (QED) is 0.488. The van der Waals surface area contributed by atoms with Crippen molar-refractivity contribution in [2.24, 2.45) is 5.92 Å². The molecule has 0 saturated carbocycles. The van der Waals surface area contributed by atoms with Crippen LogP contribution in [0.15, 0.2) is 53.4 Å². The van der Waals surface area contributed by atoms with Crippen molar-refractivity contribution >= 4 is 38.9 Å². The number of hydrogen-bond donors (Lipinski definition) is 3. The van der Waals surface area contributed by atoms with E-state index in [1.807, 2.05) is 6.92 Å². The van der Waals surface area contributed by atoms with Crippen molar-refractivity contribution in [2.45, 2.75) is 45.1 Å². The summed E-state index contributed by atoms with van der Waals surface area (Å²) in [6.45, 7) is 8.44. The first-order valence-corrected chi connectivity index (χ1v) is 12.0. The molecule has 1 atom stereocenters. The van der Waals surface area contributed by atoms with E-state index in [0.717, 1.165) is 0 Å². The molecule has 2 aromatic carbocycles. The number of amides is 1. The van der Waals surface area contributed by atoms with Gasteiger partial charge in [0.25, 0.3) is 5.91 Å². The Morgan fingerprint density at radius 1 is 1.03 bits per heavy atom. The van der Waals surface area contributed by atoms with Gasteiger partial charge in [-0.3, -0.25) is 10.1 Å². The third-order valence-corrected chi connectivity index (χ3v) is 6.13. The van der Waals surface area contributed by atoms with Crippen LogP contribution in [0.5, 0.6) is 5.75 Å². The standard InChI is InChI=1S/C22H29N3O4S2/c1-5-16(4)25-31(27,28)20-12-8-18(9-13-20)23-22(30)24-21(26)17-6-10-19(11-7-17)29-14-15(2)3/h6-13,15-16,25H,5,14H2,1-4H3,(H2,23,24,26,30). The van der Waals surface area contributed by atoms with Crippen LogP contribution in [0, 0.1) is 5.92 Å². The molecule has 0 aliphatic rings. The molecule has 0 spiro atoms. The lowest BCUT2D eigenvalue weighted by Crippen LogP contribution is -2.34. The third kappa shape index (κ3) is 7.93. The van der Waals surface area contributed by atoms with Gasteiger partial charge in [-0.2, -0.15) is 0 Å². The monoisotopic (exact) mass is 463 g/mol. The normalized spacial score (nSPS) is 12.3. The molecule has 0 heterocycles. The van der Waals surface area contributed by atoms with Crippen LogP contribution in [0.1, 0.15) is 44.5 Å². The van der Waals surface area contributed by atoms with E-state index in [-0.39, 0.29) is 22.0 Å². The molecule has 0 fully saturated rings. The molecule has 3 N–H and O–H groups in total. The second kappa shape index (κ2) is 11.2. The first-order chi connectivity index (χ1) is 14.6. The van der Waals surface area contributed by atoms with E-state index in [1.165, 1.54) is 12.1 Å². The third-order valence-electron chi connectivity index (χ3n) is 4.32. The Balaban J connectivity index is 1.92. The van der Waals surface area contributed by atoms with Gasteiger partial charge in [0.2, 0.25) is 10.0 Å². The van der Waals surface area contributed by atoms with Crippen molar-refractivity contribution in [3.8, 4) is 5.75 Å². The van der Waals surface area contributed by atoms with Crippen LogP contribution in [0.3, 0.4) is 0 Å². The minimum Gasteiger partial charge on any atom is -0.493 e. The maximum atomic E-state index is 12.4. The maximum Gasteiger partial charge on any atom is 0.257 e. The lowest BCUT2D eigenvalue weighted by Gasteiger charge is -2.13. The lowest BCUT2D eigenvalue weighted by atomic mass is 10.2. The predicted molar refractivity (Wildman–Crippen MR) is 127 cm³/mol. The molecule has 2 rings (SSSR count). The fraction of sp³-hybridized carbons (Fsp3) is 0.364. The van der Waals surface area contributed by atoms with Gasteiger partial charge in [-0.25, -0.2) is 13.1 Å². The number of hydrogen-bond acceptors (Lipinski definition) is 5. The number of ether oxygens (including phenoxy) is 1. The van der Waals surface area contributed by atoms with Crippen LogP contribution in [-0.2, 0) is 10.0 Å². The zero-order valence-electron chi connectivity index (χ0n) is 18.1. The Morgan fingerprint density at radius 2 is 1.65 bits per heavy atom. The van der Waals surface area contributed by atoms with E-state index in [2.05, 4.69) is 29.2 Å². The van der Waals surface area contributed by atoms with Crippen molar-refractivity contribution in [1.82, 2.24) is 10.0 Å². The van der Waals surface area contributed by atoms with Crippen LogP contribution in [-0.4, -0.2) is 32.1 Å². The van der Waals surface area contributed by atoms with E-state index in [9.17, 15) is 13.2 Å². The van der Waals surface area contributed by atoms with E-state index >= 15 is 0 Å². The molecule has 2 aromatic rings. The molecule has 7 nitrogen and oxygen atoms in total. The molecule has 31 heavy (non-hydrogen) atoms. The second-order valence-electron chi connectivity index (χ2n) is 7.59. The average molecular weight is 464 g/mol. The maximum absolute atomic E-state index is 12.4. The zero-order valence-corrected chi connectivity index (χ0v) is 19.8. The van der Waals surface area contributed by atoms with Crippen LogP contribution in [0.4, 0.5) is 5.69 Å². The Morgan fingerprint density at radius 3 is 2.19 bits per heavy atom. The largest absolute Gasteiger partial charge is 0.493 e. The molecule has 0 aromatic heterocycles. The number of benzene rings is 2. The first kappa shape index (κ1) is 24.8. The summed E-state index contributed by atoms with van der Waals surface area (Å²) in [7, 11) is -3.58. The summed E-state index contributed by atoms with van der Waals surface area (Å²) in [6, 6.07) is 12.8. The van der Waals surface area contributed by atoms with Gasteiger partial charge in [0.1, 0.15) is 5.75 Å². The van der Waals surface area contributed by atoms with Gasteiger partial charge < -0.3 is 10.1 Å². The molecular weight excluding hydrogens is 434 g/mol. The predicted octanol–water partition coefficient (Wildman–Crippen LogP) is 3.93. The van der Waals surface area contributed by atoms with Gasteiger partial charge in [-0.05, 0) is 80.0 Å². The van der Waals surface area contributed by atoms with Crippen molar-refractivity contribution in [1.29, 1.82) is 0 Å². The highest BCUT2D eigenvalue weighted by Crippen LogP contribution is 2.16. The highest BCUT2D eigenvalue weighted by molar-refractivity contribution is 7.89. The summed E-state index contributed by atoms with van der Waals surface area (Å²) in [5, 5.41) is 5.59. The van der Waals surface area contributed by atoms with Gasteiger partial charge in [0.05, 0.1) is 11.5 Å². The Labute approximate surface area is 189 Å². The van der Waals surface area contributed by atoms with Gasteiger partial charge >= 0.3 is 0 Å².